The molecular formula is C38H47NO8. The largest absolute Gasteiger partial charge is 0.493 e. The highest BCUT2D eigenvalue weighted by atomic mass is 16.5. The molecule has 1 aliphatic rings. The van der Waals surface area contributed by atoms with E-state index >= 15 is 0 Å². The zero-order valence-corrected chi connectivity index (χ0v) is 28.3. The van der Waals surface area contributed by atoms with Crippen LogP contribution in [0, 0.1) is 20.8 Å². The van der Waals surface area contributed by atoms with Crippen molar-refractivity contribution >= 4 is 17.8 Å². The molecule has 1 fully saturated rings. The van der Waals surface area contributed by atoms with Crippen molar-refractivity contribution in [2.75, 3.05) is 27.4 Å². The van der Waals surface area contributed by atoms with Gasteiger partial charge < -0.3 is 29.0 Å². The molecule has 0 spiro atoms. The molecule has 3 aromatic rings. The average molecular weight is 646 g/mol. The molecule has 0 bridgehead atoms. The number of hydrogen-bond donors (Lipinski definition) is 1. The lowest BCUT2D eigenvalue weighted by Crippen LogP contribution is -2.50. The number of carbonyl (C=O) groups is 3. The third kappa shape index (κ3) is 8.84. The molecule has 1 aliphatic heterocycles. The Balaban J connectivity index is 1.57. The second-order valence-electron chi connectivity index (χ2n) is 12.2. The summed E-state index contributed by atoms with van der Waals surface area (Å²) in [6.45, 7) is 8.07. The normalized spacial score (nSPS) is 15.8. The van der Waals surface area contributed by atoms with Gasteiger partial charge in [0.05, 0.1) is 20.1 Å². The van der Waals surface area contributed by atoms with Gasteiger partial charge in [-0.1, -0.05) is 43.3 Å². The van der Waals surface area contributed by atoms with Gasteiger partial charge in [-0.25, -0.2) is 9.59 Å². The Kier molecular flexibility index (Phi) is 12.3. The van der Waals surface area contributed by atoms with Crippen molar-refractivity contribution in [3.8, 4) is 17.2 Å². The average Bonchev–Trinajstić information content (AvgIpc) is 3.07. The number of piperidine rings is 1. The molecule has 0 saturated carbocycles. The van der Waals surface area contributed by atoms with E-state index in [0.717, 1.165) is 35.1 Å². The Morgan fingerprint density at radius 3 is 2.28 bits per heavy atom. The molecule has 1 heterocycles. The summed E-state index contributed by atoms with van der Waals surface area (Å²) in [5, 5.41) is 8.97. The molecule has 47 heavy (non-hydrogen) atoms. The zero-order chi connectivity index (χ0) is 34.1. The van der Waals surface area contributed by atoms with Gasteiger partial charge in [-0.3, -0.25) is 4.79 Å². The molecule has 0 aliphatic carbocycles. The molecule has 4 rings (SSSR count). The van der Waals surface area contributed by atoms with E-state index in [9.17, 15) is 14.4 Å². The van der Waals surface area contributed by atoms with E-state index in [1.165, 1.54) is 11.1 Å². The molecule has 9 heteroatoms. The highest BCUT2D eigenvalue weighted by Crippen LogP contribution is 2.37. The Bertz CT molecular complexity index is 1550. The monoisotopic (exact) mass is 645 g/mol. The van der Waals surface area contributed by atoms with Crippen molar-refractivity contribution in [1.29, 1.82) is 0 Å². The third-order valence-corrected chi connectivity index (χ3v) is 8.99. The maximum absolute atomic E-state index is 14.2. The first-order valence-electron chi connectivity index (χ1n) is 16.3. The molecule has 0 unspecified atom stereocenters. The molecule has 0 radical (unpaired) electrons. The first-order chi connectivity index (χ1) is 22.6. The number of benzene rings is 3. The first-order valence-corrected chi connectivity index (χ1v) is 16.3. The SMILES string of the molecule is CC[C@H](C(=O)N1CCCC[C@H]1C(=O)O[C@H](CCc1ccc(C)c(C)c1)c1ccc(OCC(=O)O)cc1)c1cc(C)c(OC)c(OC)c1. The Hall–Kier alpha value is -4.53. The number of aliphatic carboxylic acids is 1. The minimum atomic E-state index is -1.06. The lowest BCUT2D eigenvalue weighted by Gasteiger charge is -2.37. The van der Waals surface area contributed by atoms with Crippen LogP contribution in [0.25, 0.3) is 0 Å². The van der Waals surface area contributed by atoms with Crippen LogP contribution in [0.4, 0.5) is 0 Å². The van der Waals surface area contributed by atoms with Gasteiger partial charge in [0.1, 0.15) is 17.9 Å². The van der Waals surface area contributed by atoms with Gasteiger partial charge in [-0.05, 0) is 111 Å². The number of nitrogens with zero attached hydrogens (tertiary/aromatic N) is 1. The Morgan fingerprint density at radius 1 is 0.894 bits per heavy atom. The summed E-state index contributed by atoms with van der Waals surface area (Å²) in [5.41, 5.74) is 6.01. The number of methoxy groups -OCH3 is 2. The second-order valence-corrected chi connectivity index (χ2v) is 12.2. The van der Waals surface area contributed by atoms with Gasteiger partial charge in [0.15, 0.2) is 18.1 Å². The van der Waals surface area contributed by atoms with Crippen LogP contribution in [0.3, 0.4) is 0 Å². The summed E-state index contributed by atoms with van der Waals surface area (Å²) >= 11 is 0. The van der Waals surface area contributed by atoms with Crippen molar-refractivity contribution in [1.82, 2.24) is 4.90 Å². The summed E-state index contributed by atoms with van der Waals surface area (Å²) in [4.78, 5) is 40.8. The third-order valence-electron chi connectivity index (χ3n) is 8.99. The molecule has 1 N–H and O–H groups in total. The maximum Gasteiger partial charge on any atom is 0.341 e. The number of hydrogen-bond acceptors (Lipinski definition) is 7. The van der Waals surface area contributed by atoms with Crippen LogP contribution < -0.4 is 14.2 Å². The summed E-state index contributed by atoms with van der Waals surface area (Å²) in [6.07, 6.45) is 3.35. The fourth-order valence-electron chi connectivity index (χ4n) is 6.27. The van der Waals surface area contributed by atoms with Gasteiger partial charge in [0.25, 0.3) is 0 Å². The second kappa shape index (κ2) is 16.3. The molecule has 3 aromatic carbocycles. The zero-order valence-electron chi connectivity index (χ0n) is 28.3. The molecular weight excluding hydrogens is 598 g/mol. The van der Waals surface area contributed by atoms with Crippen LogP contribution in [0.1, 0.15) is 84.4 Å². The van der Waals surface area contributed by atoms with E-state index in [0.29, 0.717) is 49.5 Å². The van der Waals surface area contributed by atoms with Gasteiger partial charge >= 0.3 is 11.9 Å². The molecule has 3 atom stereocenters. The number of aryl methyl sites for hydroxylation is 4. The van der Waals surface area contributed by atoms with Crippen molar-refractivity contribution in [2.24, 2.45) is 0 Å². The summed E-state index contributed by atoms with van der Waals surface area (Å²) < 4.78 is 22.7. The lowest BCUT2D eigenvalue weighted by atomic mass is 9.91. The standard InChI is InChI=1S/C38H47NO8/c1-7-31(29-21-26(4)36(45-6)34(22-29)44-5)37(42)39-19-9-8-10-32(39)38(43)47-33(18-13-27-12-11-24(2)25(3)20-27)28-14-16-30(17-15-28)46-23-35(40)41/h11-12,14-17,20-22,31-33H,7-10,13,18-19,23H2,1-6H3,(H,40,41)/t31-,32-,33+/m0/s1. The number of carboxylic acid groups (broad SMARTS) is 1. The quantitative estimate of drug-likeness (QED) is 0.189. The van der Waals surface area contributed by atoms with Crippen LogP contribution >= 0.6 is 0 Å². The van der Waals surface area contributed by atoms with E-state index in [-0.39, 0.29) is 5.91 Å². The number of esters is 1. The molecule has 9 nitrogen and oxygen atoms in total. The Labute approximate surface area is 277 Å². The number of amides is 1. The van der Waals surface area contributed by atoms with Crippen molar-refractivity contribution < 1.29 is 38.4 Å². The molecule has 1 saturated heterocycles. The maximum atomic E-state index is 14.2. The highest BCUT2D eigenvalue weighted by molar-refractivity contribution is 5.89. The van der Waals surface area contributed by atoms with Crippen molar-refractivity contribution in [3.05, 3.63) is 88.0 Å². The van der Waals surface area contributed by atoms with Gasteiger partial charge in [0, 0.05) is 6.54 Å². The van der Waals surface area contributed by atoms with E-state index in [1.807, 2.05) is 26.0 Å². The van der Waals surface area contributed by atoms with E-state index < -0.39 is 36.6 Å². The minimum absolute atomic E-state index is 0.104. The van der Waals surface area contributed by atoms with Crippen molar-refractivity contribution in [2.45, 2.75) is 84.3 Å². The number of likely N-dealkylation sites (tertiary alicyclic amines) is 1. The molecule has 0 aromatic heterocycles. The van der Waals surface area contributed by atoms with E-state index in [1.54, 1.807) is 43.4 Å². The fourth-order valence-corrected chi connectivity index (χ4v) is 6.27. The minimum Gasteiger partial charge on any atom is -0.493 e. The fraction of sp³-hybridized carbons (Fsp3) is 0.447. The summed E-state index contributed by atoms with van der Waals surface area (Å²) in [7, 11) is 3.17. The smallest absolute Gasteiger partial charge is 0.341 e. The lowest BCUT2D eigenvalue weighted by molar-refractivity contribution is -0.162. The van der Waals surface area contributed by atoms with Crippen LogP contribution in [-0.4, -0.2) is 61.3 Å². The van der Waals surface area contributed by atoms with Crippen LogP contribution in [0.5, 0.6) is 17.2 Å². The number of ether oxygens (including phenoxy) is 4. The number of carboxylic acids is 1. The van der Waals surface area contributed by atoms with Gasteiger partial charge in [-0.15, -0.1) is 0 Å². The highest BCUT2D eigenvalue weighted by Gasteiger charge is 2.38. The topological polar surface area (TPSA) is 112 Å². The van der Waals surface area contributed by atoms with Crippen LogP contribution in [0.2, 0.25) is 0 Å². The predicted molar refractivity (Wildman–Crippen MR) is 179 cm³/mol. The van der Waals surface area contributed by atoms with E-state index in [2.05, 4.69) is 32.0 Å². The summed E-state index contributed by atoms with van der Waals surface area (Å²) in [6, 6.07) is 16.4. The summed E-state index contributed by atoms with van der Waals surface area (Å²) in [5.74, 6) is -0.440. The number of carbonyl (C=O) groups excluding carboxylic acids is 2. The first kappa shape index (κ1) is 35.3. The van der Waals surface area contributed by atoms with E-state index in [4.69, 9.17) is 24.1 Å². The predicted octanol–water partition coefficient (Wildman–Crippen LogP) is 6.88. The van der Waals surface area contributed by atoms with Gasteiger partial charge in [-0.2, -0.15) is 0 Å². The number of rotatable bonds is 14. The van der Waals surface area contributed by atoms with Crippen LogP contribution in [0.15, 0.2) is 54.6 Å². The Morgan fingerprint density at radius 2 is 1.64 bits per heavy atom. The van der Waals surface area contributed by atoms with Crippen molar-refractivity contribution in [3.63, 3.8) is 0 Å². The molecule has 1 amide bonds. The van der Waals surface area contributed by atoms with Crippen LogP contribution in [-0.2, 0) is 25.5 Å². The van der Waals surface area contributed by atoms with Gasteiger partial charge in [0.2, 0.25) is 5.91 Å². The molecule has 252 valence electrons.